The minimum atomic E-state index is -0.595. The van der Waals surface area contributed by atoms with E-state index in [1.54, 1.807) is 24.3 Å². The Morgan fingerprint density at radius 1 is 1.04 bits per heavy atom. The van der Waals surface area contributed by atoms with E-state index in [0.717, 1.165) is 4.47 Å². The quantitative estimate of drug-likeness (QED) is 0.597. The molecule has 0 heterocycles. The summed E-state index contributed by atoms with van der Waals surface area (Å²) < 4.78 is 6.13. The molecule has 0 aliphatic carbocycles. The van der Waals surface area contributed by atoms with Gasteiger partial charge in [-0.25, -0.2) is 0 Å². The van der Waals surface area contributed by atoms with Crippen LogP contribution < -0.4 is 15.6 Å². The van der Waals surface area contributed by atoms with Crippen molar-refractivity contribution >= 4 is 33.4 Å². The summed E-state index contributed by atoms with van der Waals surface area (Å²) in [5.74, 6) is -0.634. The molecule has 0 radical (unpaired) electrons. The Kier molecular flexibility index (Phi) is 5.85. The number of hydrogen-bond donors (Lipinski definition) is 2. The smallest absolute Gasteiger partial charge is 0.276 e. The van der Waals surface area contributed by atoms with Crippen molar-refractivity contribution in [2.75, 3.05) is 6.61 Å². The van der Waals surface area contributed by atoms with Gasteiger partial charge in [-0.3, -0.25) is 30.6 Å². The molecule has 0 saturated carbocycles. The number of carbonyl (C=O) groups excluding carboxylic acids is 2. The highest BCUT2D eigenvalue weighted by Crippen LogP contribution is 2.15. The zero-order valence-electron chi connectivity index (χ0n) is 12.2. The van der Waals surface area contributed by atoms with Gasteiger partial charge in [-0.2, -0.15) is 0 Å². The molecule has 0 atom stereocenters. The van der Waals surface area contributed by atoms with Crippen molar-refractivity contribution in [3.05, 3.63) is 68.7 Å². The zero-order valence-corrected chi connectivity index (χ0v) is 13.8. The molecule has 24 heavy (non-hydrogen) atoms. The number of benzene rings is 2. The molecule has 2 amide bonds. The van der Waals surface area contributed by atoms with Crippen LogP contribution in [0.15, 0.2) is 53.0 Å². The lowest BCUT2D eigenvalue weighted by Crippen LogP contribution is -2.43. The Morgan fingerprint density at radius 3 is 2.25 bits per heavy atom. The van der Waals surface area contributed by atoms with Gasteiger partial charge in [-0.1, -0.05) is 15.9 Å². The highest BCUT2D eigenvalue weighted by atomic mass is 79.9. The van der Waals surface area contributed by atoms with Crippen LogP contribution in [0.2, 0.25) is 0 Å². The summed E-state index contributed by atoms with van der Waals surface area (Å²) in [5, 5.41) is 10.5. The molecule has 124 valence electrons. The lowest BCUT2D eigenvalue weighted by molar-refractivity contribution is -0.384. The predicted octanol–water partition coefficient (Wildman–Crippen LogP) is 2.20. The largest absolute Gasteiger partial charge is 0.484 e. The van der Waals surface area contributed by atoms with Crippen LogP contribution in [-0.4, -0.2) is 23.3 Å². The Labute approximate surface area is 145 Å². The molecule has 0 fully saturated rings. The number of nitrogens with zero attached hydrogens (tertiary/aromatic N) is 1. The summed E-state index contributed by atoms with van der Waals surface area (Å²) in [6.07, 6.45) is 0. The van der Waals surface area contributed by atoms with Gasteiger partial charge in [0.1, 0.15) is 5.75 Å². The molecular weight excluding hydrogens is 382 g/mol. The maximum Gasteiger partial charge on any atom is 0.276 e. The van der Waals surface area contributed by atoms with Gasteiger partial charge in [-0.15, -0.1) is 0 Å². The maximum atomic E-state index is 11.8. The van der Waals surface area contributed by atoms with Crippen molar-refractivity contribution in [2.45, 2.75) is 0 Å². The van der Waals surface area contributed by atoms with E-state index in [4.69, 9.17) is 4.74 Å². The van der Waals surface area contributed by atoms with Crippen molar-refractivity contribution in [1.82, 2.24) is 10.9 Å². The first-order valence-corrected chi connectivity index (χ1v) is 7.47. The summed E-state index contributed by atoms with van der Waals surface area (Å²) in [6, 6.07) is 11.9. The minimum Gasteiger partial charge on any atom is -0.484 e. The molecule has 2 rings (SSSR count). The first-order chi connectivity index (χ1) is 11.5. The van der Waals surface area contributed by atoms with E-state index in [9.17, 15) is 19.7 Å². The molecule has 0 spiro atoms. The van der Waals surface area contributed by atoms with E-state index >= 15 is 0 Å². The highest BCUT2D eigenvalue weighted by Gasteiger charge is 2.10. The summed E-state index contributed by atoms with van der Waals surface area (Å²) in [5.41, 5.74) is 4.44. The minimum absolute atomic E-state index is 0.126. The topological polar surface area (TPSA) is 111 Å². The van der Waals surface area contributed by atoms with E-state index in [2.05, 4.69) is 26.8 Å². The maximum absolute atomic E-state index is 11.8. The fraction of sp³-hybridized carbons (Fsp3) is 0.0667. The van der Waals surface area contributed by atoms with Gasteiger partial charge in [0.05, 0.1) is 4.92 Å². The standard InChI is InChI=1S/C15H12BrN3O5/c16-11-3-7-13(8-4-11)24-9-14(20)17-18-15(21)10-1-5-12(6-2-10)19(22)23/h1-8H,9H2,(H,17,20)(H,18,21). The average Bonchev–Trinajstić information content (AvgIpc) is 2.59. The molecule has 0 saturated heterocycles. The summed E-state index contributed by atoms with van der Waals surface area (Å²) >= 11 is 3.28. The summed E-state index contributed by atoms with van der Waals surface area (Å²) in [7, 11) is 0. The van der Waals surface area contributed by atoms with E-state index in [-0.39, 0.29) is 17.9 Å². The van der Waals surface area contributed by atoms with E-state index in [0.29, 0.717) is 5.75 Å². The molecule has 0 aliphatic rings. The van der Waals surface area contributed by atoms with E-state index < -0.39 is 16.7 Å². The first-order valence-electron chi connectivity index (χ1n) is 6.68. The van der Waals surface area contributed by atoms with Gasteiger partial charge in [0, 0.05) is 22.2 Å². The Balaban J connectivity index is 1.79. The summed E-state index contributed by atoms with van der Waals surface area (Å²) in [4.78, 5) is 33.4. The molecule has 9 heteroatoms. The number of ether oxygens (including phenoxy) is 1. The third-order valence-electron chi connectivity index (χ3n) is 2.84. The van der Waals surface area contributed by atoms with Crippen LogP contribution in [0.1, 0.15) is 10.4 Å². The Hall–Kier alpha value is -2.94. The molecule has 0 bridgehead atoms. The van der Waals surface area contributed by atoms with Crippen molar-refractivity contribution < 1.29 is 19.2 Å². The highest BCUT2D eigenvalue weighted by molar-refractivity contribution is 9.10. The van der Waals surface area contributed by atoms with Gasteiger partial charge in [0.15, 0.2) is 6.61 Å². The third kappa shape index (κ3) is 5.06. The summed E-state index contributed by atoms with van der Waals surface area (Å²) in [6.45, 7) is -0.276. The number of hydrazine groups is 1. The number of halogens is 1. The van der Waals surface area contributed by atoms with Crippen molar-refractivity contribution in [3.8, 4) is 5.75 Å². The second-order valence-electron chi connectivity index (χ2n) is 4.55. The average molecular weight is 394 g/mol. The molecule has 2 aromatic carbocycles. The fourth-order valence-corrected chi connectivity index (χ4v) is 1.91. The lowest BCUT2D eigenvalue weighted by Gasteiger charge is -2.09. The zero-order chi connectivity index (χ0) is 17.5. The lowest BCUT2D eigenvalue weighted by atomic mass is 10.2. The number of non-ortho nitro benzene ring substituents is 1. The van der Waals surface area contributed by atoms with Gasteiger partial charge in [0.25, 0.3) is 17.5 Å². The van der Waals surface area contributed by atoms with Gasteiger partial charge >= 0.3 is 0 Å². The Morgan fingerprint density at radius 2 is 1.67 bits per heavy atom. The van der Waals surface area contributed by atoms with Crippen molar-refractivity contribution in [3.63, 3.8) is 0 Å². The second-order valence-corrected chi connectivity index (χ2v) is 5.46. The number of amides is 2. The van der Waals surface area contributed by atoms with Crippen LogP contribution >= 0.6 is 15.9 Å². The van der Waals surface area contributed by atoms with Crippen LogP contribution in [0, 0.1) is 10.1 Å². The predicted molar refractivity (Wildman–Crippen MR) is 88.3 cm³/mol. The number of nitro benzene ring substituents is 1. The van der Waals surface area contributed by atoms with Crippen LogP contribution in [0.5, 0.6) is 5.75 Å². The van der Waals surface area contributed by atoms with Crippen LogP contribution in [-0.2, 0) is 4.79 Å². The monoisotopic (exact) mass is 393 g/mol. The van der Waals surface area contributed by atoms with E-state index in [1.165, 1.54) is 24.3 Å². The van der Waals surface area contributed by atoms with E-state index in [1.807, 2.05) is 0 Å². The van der Waals surface area contributed by atoms with Gasteiger partial charge in [0.2, 0.25) is 0 Å². The molecule has 8 nitrogen and oxygen atoms in total. The number of nitro groups is 1. The first kappa shape index (κ1) is 17.4. The molecular formula is C15H12BrN3O5. The fourth-order valence-electron chi connectivity index (χ4n) is 1.65. The molecule has 2 aromatic rings. The number of carbonyl (C=O) groups is 2. The molecule has 2 N–H and O–H groups in total. The van der Waals surface area contributed by atoms with Gasteiger partial charge < -0.3 is 4.74 Å². The molecule has 0 aromatic heterocycles. The molecule has 0 aliphatic heterocycles. The number of nitrogens with one attached hydrogen (secondary N) is 2. The normalized spacial score (nSPS) is 9.88. The van der Waals surface area contributed by atoms with Crippen molar-refractivity contribution in [2.24, 2.45) is 0 Å². The van der Waals surface area contributed by atoms with Crippen LogP contribution in [0.4, 0.5) is 5.69 Å². The Bertz CT molecular complexity index is 747. The number of rotatable bonds is 5. The molecule has 0 unspecified atom stereocenters. The van der Waals surface area contributed by atoms with Crippen LogP contribution in [0.25, 0.3) is 0 Å². The van der Waals surface area contributed by atoms with Crippen molar-refractivity contribution in [1.29, 1.82) is 0 Å². The third-order valence-corrected chi connectivity index (χ3v) is 3.37. The SMILES string of the molecule is O=C(COc1ccc(Br)cc1)NNC(=O)c1ccc([N+](=O)[O-])cc1. The number of hydrogen-bond acceptors (Lipinski definition) is 5. The van der Waals surface area contributed by atoms with Crippen LogP contribution in [0.3, 0.4) is 0 Å². The van der Waals surface area contributed by atoms with Gasteiger partial charge in [-0.05, 0) is 36.4 Å². The second kappa shape index (κ2) is 8.06.